The monoisotopic (exact) mass is 928 g/mol. The van der Waals surface area contributed by atoms with Crippen LogP contribution in [0, 0.1) is 41.5 Å². The number of rotatable bonds is 11. The number of nitrogens with zero attached hydrogens (tertiary/aromatic N) is 4. The minimum atomic E-state index is 0.0188. The van der Waals surface area contributed by atoms with Crippen molar-refractivity contribution in [2.75, 3.05) is 4.90 Å². The highest BCUT2D eigenvalue weighted by Gasteiger charge is 2.27. The third-order valence-corrected chi connectivity index (χ3v) is 14.1. The molecule has 1 aromatic heterocycles. The van der Waals surface area contributed by atoms with Gasteiger partial charge in [-0.15, -0.1) is 0 Å². The van der Waals surface area contributed by atoms with E-state index in [1.54, 1.807) is 0 Å². The van der Waals surface area contributed by atoms with Gasteiger partial charge in [-0.2, -0.15) is 9.97 Å². The highest BCUT2D eigenvalue weighted by molar-refractivity contribution is 6.05. The van der Waals surface area contributed by atoms with Crippen molar-refractivity contribution >= 4 is 28.1 Å². The third kappa shape index (κ3) is 8.88. The summed E-state index contributed by atoms with van der Waals surface area (Å²) in [5.41, 5.74) is 22.2. The van der Waals surface area contributed by atoms with Gasteiger partial charge in [0.1, 0.15) is 0 Å². The molecule has 0 N–H and O–H groups in total. The first kappa shape index (κ1) is 45.7. The highest BCUT2D eigenvalue weighted by atomic mass is 15.3. The molecule has 0 aliphatic heterocycles. The molecular formula is C68H56N4. The molecule has 0 amide bonds. The fourth-order valence-corrected chi connectivity index (χ4v) is 11.0. The lowest BCUT2D eigenvalue weighted by Crippen LogP contribution is -2.17. The van der Waals surface area contributed by atoms with Crippen LogP contribution in [0.4, 0.5) is 17.3 Å². The van der Waals surface area contributed by atoms with Gasteiger partial charge < -0.3 is 0 Å². The van der Waals surface area contributed by atoms with E-state index in [-0.39, 0.29) is 5.92 Å². The summed E-state index contributed by atoms with van der Waals surface area (Å²) in [6.45, 7) is 13.4. The summed E-state index contributed by atoms with van der Waals surface area (Å²) in [6.07, 6.45) is 0. The highest BCUT2D eigenvalue weighted by Crippen LogP contribution is 2.46. The van der Waals surface area contributed by atoms with Crippen LogP contribution < -0.4 is 4.90 Å². The van der Waals surface area contributed by atoms with Gasteiger partial charge in [0, 0.05) is 28.3 Å². The number of hydrogen-bond acceptors (Lipinski definition) is 4. The van der Waals surface area contributed by atoms with Gasteiger partial charge in [-0.25, -0.2) is 4.98 Å². The summed E-state index contributed by atoms with van der Waals surface area (Å²) in [5, 5.41) is 2.30. The second-order valence-electron chi connectivity index (χ2n) is 19.2. The van der Waals surface area contributed by atoms with Crippen LogP contribution in [0.15, 0.2) is 224 Å². The van der Waals surface area contributed by atoms with Crippen LogP contribution in [0.5, 0.6) is 0 Å². The Bertz CT molecular complexity index is 3630. The first-order valence-electron chi connectivity index (χ1n) is 24.9. The zero-order chi connectivity index (χ0) is 49.3. The maximum Gasteiger partial charge on any atom is 0.238 e. The van der Waals surface area contributed by atoms with Crippen LogP contribution in [-0.2, 0) is 0 Å². The molecule has 0 saturated heterocycles. The van der Waals surface area contributed by atoms with Gasteiger partial charge in [-0.1, -0.05) is 217 Å². The van der Waals surface area contributed by atoms with Gasteiger partial charge in [-0.3, -0.25) is 4.90 Å². The Balaban J connectivity index is 1.13. The molecule has 1 heterocycles. The Morgan fingerprint density at radius 1 is 0.361 bits per heavy atom. The van der Waals surface area contributed by atoms with Gasteiger partial charge in [0.25, 0.3) is 0 Å². The quantitative estimate of drug-likeness (QED) is 0.121. The number of fused-ring (bicyclic) bond motifs is 1. The predicted molar refractivity (Wildman–Crippen MR) is 301 cm³/mol. The van der Waals surface area contributed by atoms with Crippen LogP contribution >= 0.6 is 0 Å². The molecule has 0 aliphatic rings. The average Bonchev–Trinajstić information content (AvgIpc) is 3.41. The van der Waals surface area contributed by atoms with Crippen LogP contribution in [0.3, 0.4) is 0 Å². The van der Waals surface area contributed by atoms with Crippen LogP contribution in [-0.4, -0.2) is 15.0 Å². The molecule has 11 rings (SSSR count). The summed E-state index contributed by atoms with van der Waals surface area (Å²) < 4.78 is 0. The van der Waals surface area contributed by atoms with Crippen LogP contribution in [0.1, 0.15) is 56.0 Å². The zero-order valence-electron chi connectivity index (χ0n) is 41.7. The van der Waals surface area contributed by atoms with Crippen molar-refractivity contribution in [1.82, 2.24) is 15.0 Å². The van der Waals surface area contributed by atoms with Crippen molar-refractivity contribution in [3.05, 3.63) is 275 Å². The lowest BCUT2D eigenvalue weighted by Gasteiger charge is -2.29. The Kier molecular flexibility index (Phi) is 12.4. The number of benzene rings is 10. The van der Waals surface area contributed by atoms with E-state index in [1.807, 2.05) is 18.2 Å². The summed E-state index contributed by atoms with van der Waals surface area (Å²) >= 11 is 0. The largest absolute Gasteiger partial charge is 0.278 e. The first-order chi connectivity index (χ1) is 35.2. The van der Waals surface area contributed by atoms with Gasteiger partial charge in [-0.05, 0) is 137 Å². The van der Waals surface area contributed by atoms with Crippen molar-refractivity contribution in [3.63, 3.8) is 0 Å². The van der Waals surface area contributed by atoms with Crippen LogP contribution in [0.25, 0.3) is 66.9 Å². The van der Waals surface area contributed by atoms with Gasteiger partial charge in [0.15, 0.2) is 11.6 Å². The molecule has 0 bridgehead atoms. The molecule has 72 heavy (non-hydrogen) atoms. The fraction of sp³-hybridized carbons (Fsp3) is 0.103. The number of aromatic nitrogens is 3. The molecule has 348 valence electrons. The SMILES string of the molecule is Cc1cc(C)c(C(c2ccc(N(c3nc(-c4ccccc4)nc(-c4ccc(-c5ccccc5-c5ccccc5)cc4)n3)c3ccc4ccccc4c3-c3ccccc3)cc2)c2c(C)cc(C)cc2C)c(C)c1. The number of aryl methyl sites for hydroxylation is 6. The topological polar surface area (TPSA) is 41.9 Å². The lowest BCUT2D eigenvalue weighted by molar-refractivity contribution is 0.919. The van der Waals surface area contributed by atoms with Gasteiger partial charge in [0.05, 0.1) is 5.69 Å². The Hall–Kier alpha value is -8.73. The third-order valence-electron chi connectivity index (χ3n) is 14.1. The van der Waals surface area contributed by atoms with Crippen molar-refractivity contribution < 1.29 is 0 Å². The minimum Gasteiger partial charge on any atom is -0.278 e. The average molecular weight is 929 g/mol. The molecule has 0 fully saturated rings. The molecular weight excluding hydrogens is 873 g/mol. The normalized spacial score (nSPS) is 11.3. The molecule has 0 unspecified atom stereocenters. The van der Waals surface area contributed by atoms with E-state index in [0.717, 1.165) is 50.0 Å². The fourth-order valence-electron chi connectivity index (χ4n) is 11.0. The van der Waals surface area contributed by atoms with E-state index in [1.165, 1.54) is 66.8 Å². The maximum absolute atomic E-state index is 5.48. The first-order valence-corrected chi connectivity index (χ1v) is 24.9. The Labute approximate surface area is 424 Å². The summed E-state index contributed by atoms with van der Waals surface area (Å²) in [5.74, 6) is 1.71. The number of hydrogen-bond donors (Lipinski definition) is 0. The smallest absolute Gasteiger partial charge is 0.238 e. The van der Waals surface area contributed by atoms with E-state index < -0.39 is 0 Å². The molecule has 0 atom stereocenters. The van der Waals surface area contributed by atoms with E-state index in [4.69, 9.17) is 15.0 Å². The lowest BCUT2D eigenvalue weighted by atomic mass is 9.77. The molecule has 0 saturated carbocycles. The molecule has 11 aromatic rings. The summed E-state index contributed by atoms with van der Waals surface area (Å²) in [7, 11) is 0. The minimum absolute atomic E-state index is 0.0188. The summed E-state index contributed by atoms with van der Waals surface area (Å²) in [6, 6.07) is 80.3. The summed E-state index contributed by atoms with van der Waals surface area (Å²) in [4.78, 5) is 18.4. The molecule has 0 spiro atoms. The van der Waals surface area contributed by atoms with Gasteiger partial charge in [0.2, 0.25) is 5.95 Å². The second-order valence-corrected chi connectivity index (χ2v) is 19.2. The zero-order valence-corrected chi connectivity index (χ0v) is 41.7. The van der Waals surface area contributed by atoms with E-state index in [9.17, 15) is 0 Å². The molecule has 4 heteroatoms. The molecule has 0 radical (unpaired) electrons. The second kappa shape index (κ2) is 19.6. The Morgan fingerprint density at radius 2 is 0.792 bits per heavy atom. The van der Waals surface area contributed by atoms with Crippen LogP contribution in [0.2, 0.25) is 0 Å². The van der Waals surface area contributed by atoms with E-state index >= 15 is 0 Å². The predicted octanol–water partition coefficient (Wildman–Crippen LogP) is 17.9. The molecule has 10 aromatic carbocycles. The Morgan fingerprint density at radius 3 is 1.33 bits per heavy atom. The number of anilines is 3. The van der Waals surface area contributed by atoms with Gasteiger partial charge >= 0.3 is 0 Å². The molecule has 4 nitrogen and oxygen atoms in total. The maximum atomic E-state index is 5.48. The van der Waals surface area contributed by atoms with Crippen molar-refractivity contribution in [2.45, 2.75) is 47.5 Å². The standard InChI is InChI=1S/C68H56N4/c1-44-40-46(3)62(47(4)41-44)65(63-48(5)42-45(2)43-49(63)6)54-34-37-57(38-35-54)72(61-39-36-51-22-16-17-29-60(51)64(61)53-23-12-8-13-24-53)68-70-66(55-25-14-9-15-26-55)69-67(71-68)56-32-30-52(31-33-56)59-28-19-18-27-58(59)50-20-10-7-11-21-50/h7-43,65H,1-6H3. The van der Waals surface area contributed by atoms with Crippen molar-refractivity contribution in [1.29, 1.82) is 0 Å². The van der Waals surface area contributed by atoms with Crippen molar-refractivity contribution in [3.8, 4) is 56.2 Å². The molecule has 0 aliphatic carbocycles. The van der Waals surface area contributed by atoms with E-state index in [0.29, 0.717) is 17.6 Å². The van der Waals surface area contributed by atoms with E-state index in [2.05, 4.69) is 253 Å². The van der Waals surface area contributed by atoms with Crippen molar-refractivity contribution in [2.24, 2.45) is 0 Å².